The molecule has 0 fully saturated rings. The van der Waals surface area contributed by atoms with E-state index in [4.69, 9.17) is 9.47 Å². The van der Waals surface area contributed by atoms with E-state index in [1.54, 1.807) is 14.1 Å². The van der Waals surface area contributed by atoms with Gasteiger partial charge in [-0.2, -0.15) is 4.31 Å². The number of hydrogen-bond donors (Lipinski definition) is 0. The second-order valence-electron chi connectivity index (χ2n) is 4.57. The van der Waals surface area contributed by atoms with Crippen LogP contribution in [0.4, 0.5) is 0 Å². The summed E-state index contributed by atoms with van der Waals surface area (Å²) < 4.78 is 36.1. The molecule has 0 aromatic heterocycles. The number of hydrogen-bond acceptors (Lipinski definition) is 5. The van der Waals surface area contributed by atoms with E-state index in [1.807, 2.05) is 0 Å². The van der Waals surface area contributed by atoms with Gasteiger partial charge in [-0.15, -0.1) is 0 Å². The lowest BCUT2D eigenvalue weighted by atomic mass is 10.3. The van der Waals surface area contributed by atoms with Gasteiger partial charge >= 0.3 is 0 Å². The summed E-state index contributed by atoms with van der Waals surface area (Å²) in [6.45, 7) is -0.246. The Labute approximate surface area is 125 Å². The van der Waals surface area contributed by atoms with Gasteiger partial charge < -0.3 is 14.4 Å². The van der Waals surface area contributed by atoms with Gasteiger partial charge in [0, 0.05) is 27.2 Å². The molecular weight excluding hydrogens is 296 g/mol. The van der Waals surface area contributed by atoms with Gasteiger partial charge in [-0.05, 0) is 12.1 Å². The first-order valence-electron chi connectivity index (χ1n) is 6.12. The number of ether oxygens (including phenoxy) is 2. The number of rotatable bonds is 6. The molecule has 0 aliphatic rings. The first-order valence-corrected chi connectivity index (χ1v) is 7.56. The van der Waals surface area contributed by atoms with Crippen LogP contribution in [-0.4, -0.2) is 65.4 Å². The second kappa shape index (κ2) is 6.77. The Hall–Kier alpha value is -1.80. The maximum absolute atomic E-state index is 12.5. The minimum absolute atomic E-state index is 0.0140. The predicted molar refractivity (Wildman–Crippen MR) is 78.1 cm³/mol. The van der Waals surface area contributed by atoms with Crippen molar-refractivity contribution in [2.24, 2.45) is 0 Å². The molecule has 1 aromatic carbocycles. The zero-order valence-electron chi connectivity index (χ0n) is 12.8. The number of benzene rings is 1. The van der Waals surface area contributed by atoms with Crippen molar-refractivity contribution in [1.82, 2.24) is 9.21 Å². The number of carbonyl (C=O) groups is 1. The first kappa shape index (κ1) is 17.3. The molecular formula is C13H20N2O5S. The number of carbonyl (C=O) groups excluding carboxylic acids is 1. The van der Waals surface area contributed by atoms with Gasteiger partial charge in [0.2, 0.25) is 15.9 Å². The van der Waals surface area contributed by atoms with Crippen molar-refractivity contribution < 1.29 is 22.7 Å². The quantitative estimate of drug-likeness (QED) is 0.760. The van der Waals surface area contributed by atoms with Crippen LogP contribution >= 0.6 is 0 Å². The van der Waals surface area contributed by atoms with E-state index in [1.165, 1.54) is 44.4 Å². The molecule has 0 spiro atoms. The highest BCUT2D eigenvalue weighted by atomic mass is 32.2. The lowest BCUT2D eigenvalue weighted by Crippen LogP contribution is -2.37. The monoisotopic (exact) mass is 316 g/mol. The summed E-state index contributed by atoms with van der Waals surface area (Å²) in [5.74, 6) is 0.338. The largest absolute Gasteiger partial charge is 0.497 e. The van der Waals surface area contributed by atoms with Gasteiger partial charge in [0.15, 0.2) is 0 Å². The van der Waals surface area contributed by atoms with Gasteiger partial charge in [0.1, 0.15) is 16.4 Å². The average molecular weight is 316 g/mol. The highest BCUT2D eigenvalue weighted by molar-refractivity contribution is 7.89. The van der Waals surface area contributed by atoms with Crippen LogP contribution in [0.1, 0.15) is 0 Å². The van der Waals surface area contributed by atoms with Crippen molar-refractivity contribution in [2.75, 3.05) is 41.9 Å². The molecule has 0 bridgehead atoms. The third-order valence-corrected chi connectivity index (χ3v) is 4.76. The van der Waals surface area contributed by atoms with Crippen LogP contribution in [0.5, 0.6) is 11.5 Å². The third-order valence-electron chi connectivity index (χ3n) is 2.92. The fraction of sp³-hybridized carbons (Fsp3) is 0.462. The van der Waals surface area contributed by atoms with Crippen LogP contribution in [0.3, 0.4) is 0 Å². The Balaban J connectivity index is 3.15. The van der Waals surface area contributed by atoms with E-state index in [2.05, 4.69) is 0 Å². The minimum atomic E-state index is -3.83. The summed E-state index contributed by atoms with van der Waals surface area (Å²) in [7, 11) is 3.50. The molecule has 1 rings (SSSR count). The van der Waals surface area contributed by atoms with Gasteiger partial charge in [0.05, 0.1) is 20.8 Å². The summed E-state index contributed by atoms with van der Waals surface area (Å²) in [6.07, 6.45) is 0. The third kappa shape index (κ3) is 3.85. The molecule has 0 heterocycles. The summed E-state index contributed by atoms with van der Waals surface area (Å²) >= 11 is 0. The van der Waals surface area contributed by atoms with E-state index >= 15 is 0 Å². The summed E-state index contributed by atoms with van der Waals surface area (Å²) in [4.78, 5) is 13.0. The zero-order chi connectivity index (χ0) is 16.2. The van der Waals surface area contributed by atoms with Crippen LogP contribution in [0.2, 0.25) is 0 Å². The standard InChI is InChI=1S/C13H20N2O5S/c1-14(2)13(16)9-15(3)21(17,18)12-7-6-10(19-4)8-11(12)20-5/h6-8H,9H2,1-5H3. The maximum Gasteiger partial charge on any atom is 0.246 e. The van der Waals surface area contributed by atoms with Crippen molar-refractivity contribution in [3.05, 3.63) is 18.2 Å². The predicted octanol–water partition coefficient (Wildman–Crippen LogP) is 0.412. The fourth-order valence-corrected chi connectivity index (χ4v) is 2.83. The molecule has 0 aliphatic heterocycles. The van der Waals surface area contributed by atoms with Crippen LogP contribution in [-0.2, 0) is 14.8 Å². The molecule has 1 amide bonds. The van der Waals surface area contributed by atoms with Crippen LogP contribution < -0.4 is 9.47 Å². The fourth-order valence-electron chi connectivity index (χ4n) is 1.57. The molecule has 0 aliphatic carbocycles. The highest BCUT2D eigenvalue weighted by Crippen LogP contribution is 2.30. The number of likely N-dealkylation sites (N-methyl/N-ethyl adjacent to an activating group) is 2. The van der Waals surface area contributed by atoms with Gasteiger partial charge in [-0.1, -0.05) is 0 Å². The maximum atomic E-state index is 12.5. The van der Waals surface area contributed by atoms with Crippen molar-refractivity contribution in [2.45, 2.75) is 4.90 Å². The van der Waals surface area contributed by atoms with E-state index in [-0.39, 0.29) is 23.1 Å². The van der Waals surface area contributed by atoms with E-state index < -0.39 is 10.0 Å². The number of nitrogens with zero attached hydrogens (tertiary/aromatic N) is 2. The van der Waals surface area contributed by atoms with E-state index in [0.717, 1.165) is 4.31 Å². The van der Waals surface area contributed by atoms with Crippen molar-refractivity contribution in [3.63, 3.8) is 0 Å². The molecule has 0 radical (unpaired) electrons. The average Bonchev–Trinajstić information content (AvgIpc) is 2.45. The highest BCUT2D eigenvalue weighted by Gasteiger charge is 2.27. The minimum Gasteiger partial charge on any atom is -0.497 e. The smallest absolute Gasteiger partial charge is 0.246 e. The van der Waals surface area contributed by atoms with E-state index in [9.17, 15) is 13.2 Å². The zero-order valence-corrected chi connectivity index (χ0v) is 13.6. The first-order chi connectivity index (χ1) is 9.73. The van der Waals surface area contributed by atoms with Crippen molar-refractivity contribution >= 4 is 15.9 Å². The molecule has 0 saturated carbocycles. The van der Waals surface area contributed by atoms with E-state index in [0.29, 0.717) is 5.75 Å². The van der Waals surface area contributed by atoms with Crippen molar-refractivity contribution in [3.8, 4) is 11.5 Å². The SMILES string of the molecule is COc1ccc(S(=O)(=O)N(C)CC(=O)N(C)C)c(OC)c1. The second-order valence-corrected chi connectivity index (χ2v) is 6.58. The Kier molecular flexibility index (Phi) is 5.56. The molecule has 0 unspecified atom stereocenters. The van der Waals surface area contributed by atoms with Gasteiger partial charge in [0.25, 0.3) is 0 Å². The summed E-state index contributed by atoms with van der Waals surface area (Å²) in [6, 6.07) is 4.40. The Morgan fingerprint density at radius 1 is 1.14 bits per heavy atom. The normalized spacial score (nSPS) is 11.3. The number of methoxy groups -OCH3 is 2. The Morgan fingerprint density at radius 3 is 2.24 bits per heavy atom. The Bertz CT molecular complexity index is 613. The molecule has 0 atom stereocenters. The van der Waals surface area contributed by atoms with Crippen LogP contribution in [0, 0.1) is 0 Å². The number of amides is 1. The summed E-state index contributed by atoms with van der Waals surface area (Å²) in [5.41, 5.74) is 0. The molecule has 1 aromatic rings. The molecule has 8 heteroatoms. The lowest BCUT2D eigenvalue weighted by Gasteiger charge is -2.20. The molecule has 7 nitrogen and oxygen atoms in total. The van der Waals surface area contributed by atoms with Crippen LogP contribution in [0.15, 0.2) is 23.1 Å². The molecule has 118 valence electrons. The topological polar surface area (TPSA) is 76.2 Å². The molecule has 0 N–H and O–H groups in total. The summed E-state index contributed by atoms with van der Waals surface area (Å²) in [5, 5.41) is 0. The van der Waals surface area contributed by atoms with Gasteiger partial charge in [-0.25, -0.2) is 8.42 Å². The molecule has 0 saturated heterocycles. The van der Waals surface area contributed by atoms with Crippen molar-refractivity contribution in [1.29, 1.82) is 0 Å². The van der Waals surface area contributed by atoms with Gasteiger partial charge in [-0.3, -0.25) is 4.79 Å². The number of sulfonamides is 1. The Morgan fingerprint density at radius 2 is 1.76 bits per heavy atom. The van der Waals surface area contributed by atoms with Crippen LogP contribution in [0.25, 0.3) is 0 Å². The lowest BCUT2D eigenvalue weighted by molar-refractivity contribution is -0.128. The molecule has 21 heavy (non-hydrogen) atoms.